The maximum Gasteiger partial charge on any atom is 0.264 e. The minimum Gasteiger partial charge on any atom is -0.387 e. The van der Waals surface area contributed by atoms with Crippen LogP contribution in [-0.4, -0.2) is 32.0 Å². The molecule has 6 nitrogen and oxygen atoms in total. The Morgan fingerprint density at radius 2 is 1.65 bits per heavy atom. The van der Waals surface area contributed by atoms with Crippen molar-refractivity contribution < 1.29 is 18.3 Å². The van der Waals surface area contributed by atoms with Crippen LogP contribution in [-0.2, 0) is 28.6 Å². The van der Waals surface area contributed by atoms with Gasteiger partial charge in [0.2, 0.25) is 10.0 Å². The second-order valence-electron chi connectivity index (χ2n) is 10.2. The molecule has 0 aliphatic heterocycles. The van der Waals surface area contributed by atoms with Crippen LogP contribution in [0.15, 0.2) is 97.1 Å². The van der Waals surface area contributed by atoms with Crippen molar-refractivity contribution in [2.24, 2.45) is 0 Å². The lowest BCUT2D eigenvalue weighted by Gasteiger charge is -2.27. The van der Waals surface area contributed by atoms with Crippen LogP contribution in [0.3, 0.4) is 0 Å². The summed E-state index contributed by atoms with van der Waals surface area (Å²) in [5.41, 5.74) is 6.23. The Kier molecular flexibility index (Phi) is 8.66. The minimum atomic E-state index is -3.81. The highest BCUT2D eigenvalue weighted by Gasteiger charge is 2.21. The summed E-state index contributed by atoms with van der Waals surface area (Å²) in [6, 6.07) is 29.6. The van der Waals surface area contributed by atoms with E-state index in [4.69, 9.17) is 11.6 Å². The van der Waals surface area contributed by atoms with E-state index in [1.165, 1.54) is 11.1 Å². The number of fused-ring (bicyclic) bond motifs is 1. The summed E-state index contributed by atoms with van der Waals surface area (Å²) >= 11 is 6.06. The molecule has 0 radical (unpaired) electrons. The largest absolute Gasteiger partial charge is 0.387 e. The third kappa shape index (κ3) is 7.17. The maximum atomic E-state index is 12.6. The molecule has 2 atom stereocenters. The van der Waals surface area contributed by atoms with E-state index in [1.54, 1.807) is 48.5 Å². The summed E-state index contributed by atoms with van der Waals surface area (Å²) in [7, 11) is -3.81. The molecule has 0 spiro atoms. The van der Waals surface area contributed by atoms with Crippen LogP contribution in [0.5, 0.6) is 0 Å². The van der Waals surface area contributed by atoms with Crippen LogP contribution in [0, 0.1) is 0 Å². The summed E-state index contributed by atoms with van der Waals surface area (Å²) in [4.78, 5) is 12.6. The molecule has 3 N–H and O–H groups in total. The standard InChI is InChI=1S/C32H31ClN2O4S/c33-29-8-4-7-27(18-29)31(36)20-34-30-16-15-24-11-14-26(17-28(24)19-30)23-9-12-25(13-10-23)32(37)35-40(38,39)21-22-5-2-1-3-6-22/h1-14,17-18,30-31,34,36H,15-16,19-21H2,(H,35,37)/t30-,31+/m0/s1. The molecule has 4 aromatic carbocycles. The number of hydrogen-bond donors (Lipinski definition) is 3. The number of carbonyl (C=O) groups is 1. The summed E-state index contributed by atoms with van der Waals surface area (Å²) < 4.78 is 27.1. The van der Waals surface area contributed by atoms with E-state index < -0.39 is 22.0 Å². The maximum absolute atomic E-state index is 12.6. The Labute approximate surface area is 240 Å². The summed E-state index contributed by atoms with van der Waals surface area (Å²) in [6.45, 7) is 0.449. The van der Waals surface area contributed by atoms with Crippen LogP contribution >= 0.6 is 11.6 Å². The Balaban J connectivity index is 1.20. The van der Waals surface area contributed by atoms with E-state index in [1.807, 2.05) is 30.3 Å². The fourth-order valence-electron chi connectivity index (χ4n) is 5.06. The first-order valence-electron chi connectivity index (χ1n) is 13.2. The second kappa shape index (κ2) is 12.4. The smallest absolute Gasteiger partial charge is 0.264 e. The molecule has 40 heavy (non-hydrogen) atoms. The molecule has 1 aliphatic rings. The van der Waals surface area contributed by atoms with Gasteiger partial charge in [0.1, 0.15) is 0 Å². The predicted octanol–water partition coefficient (Wildman–Crippen LogP) is 5.45. The zero-order valence-electron chi connectivity index (χ0n) is 21.9. The van der Waals surface area contributed by atoms with Gasteiger partial charge in [-0.2, -0.15) is 0 Å². The molecule has 0 unspecified atom stereocenters. The number of aliphatic hydroxyl groups is 1. The molecule has 0 aromatic heterocycles. The van der Waals surface area contributed by atoms with Gasteiger partial charge in [-0.05, 0) is 76.9 Å². The van der Waals surface area contributed by atoms with Crippen molar-refractivity contribution in [3.63, 3.8) is 0 Å². The zero-order valence-corrected chi connectivity index (χ0v) is 23.5. The van der Waals surface area contributed by atoms with E-state index in [9.17, 15) is 18.3 Å². The molecular weight excluding hydrogens is 544 g/mol. The van der Waals surface area contributed by atoms with Crippen LogP contribution in [0.25, 0.3) is 11.1 Å². The molecule has 4 aromatic rings. The number of aryl methyl sites for hydroxylation is 1. The fourth-order valence-corrected chi connectivity index (χ4v) is 6.37. The van der Waals surface area contributed by atoms with Gasteiger partial charge in [0, 0.05) is 23.2 Å². The van der Waals surface area contributed by atoms with Gasteiger partial charge in [0.15, 0.2) is 0 Å². The molecule has 0 bridgehead atoms. The van der Waals surface area contributed by atoms with Crippen molar-refractivity contribution in [2.75, 3.05) is 6.54 Å². The molecule has 0 fully saturated rings. The van der Waals surface area contributed by atoms with Crippen molar-refractivity contribution in [3.05, 3.63) is 130 Å². The third-order valence-corrected chi connectivity index (χ3v) is 8.64. The molecule has 0 saturated heterocycles. The lowest BCUT2D eigenvalue weighted by molar-refractivity contribution is 0.0981. The topological polar surface area (TPSA) is 95.5 Å². The molecule has 8 heteroatoms. The Morgan fingerprint density at radius 3 is 2.40 bits per heavy atom. The van der Waals surface area contributed by atoms with Gasteiger partial charge >= 0.3 is 0 Å². The highest BCUT2D eigenvalue weighted by molar-refractivity contribution is 7.89. The van der Waals surface area contributed by atoms with Crippen LogP contribution in [0.1, 0.15) is 45.1 Å². The van der Waals surface area contributed by atoms with Crippen LogP contribution < -0.4 is 10.0 Å². The Hall–Kier alpha value is -3.49. The van der Waals surface area contributed by atoms with Gasteiger partial charge in [0.05, 0.1) is 11.9 Å². The lowest BCUT2D eigenvalue weighted by Crippen LogP contribution is -2.37. The quantitative estimate of drug-likeness (QED) is 0.247. The Bertz CT molecular complexity index is 1590. The van der Waals surface area contributed by atoms with Gasteiger partial charge in [-0.1, -0.05) is 84.4 Å². The highest BCUT2D eigenvalue weighted by Crippen LogP contribution is 2.28. The molecule has 0 saturated carbocycles. The molecule has 5 rings (SSSR count). The van der Waals surface area contributed by atoms with Gasteiger partial charge in [-0.25, -0.2) is 13.1 Å². The second-order valence-corrected chi connectivity index (χ2v) is 12.3. The number of rotatable bonds is 9. The molecular formula is C32H31ClN2O4S. The first kappa shape index (κ1) is 28.1. The summed E-state index contributed by atoms with van der Waals surface area (Å²) in [5, 5.41) is 14.7. The van der Waals surface area contributed by atoms with Crippen LogP contribution in [0.4, 0.5) is 0 Å². The van der Waals surface area contributed by atoms with E-state index in [-0.39, 0.29) is 17.4 Å². The monoisotopic (exact) mass is 574 g/mol. The van der Waals surface area contributed by atoms with E-state index in [0.29, 0.717) is 17.1 Å². The summed E-state index contributed by atoms with van der Waals surface area (Å²) in [5.74, 6) is -0.913. The van der Waals surface area contributed by atoms with Gasteiger partial charge < -0.3 is 10.4 Å². The van der Waals surface area contributed by atoms with Crippen molar-refractivity contribution in [3.8, 4) is 11.1 Å². The number of hydrogen-bond acceptors (Lipinski definition) is 5. The highest BCUT2D eigenvalue weighted by atomic mass is 35.5. The van der Waals surface area contributed by atoms with Crippen molar-refractivity contribution in [1.82, 2.24) is 10.0 Å². The normalized spacial score (nSPS) is 15.7. The lowest BCUT2D eigenvalue weighted by atomic mass is 9.86. The number of carbonyl (C=O) groups excluding carboxylic acids is 1. The molecule has 206 valence electrons. The van der Waals surface area contributed by atoms with Crippen molar-refractivity contribution in [1.29, 1.82) is 0 Å². The van der Waals surface area contributed by atoms with E-state index >= 15 is 0 Å². The van der Waals surface area contributed by atoms with Gasteiger partial charge in [0.25, 0.3) is 5.91 Å². The molecule has 1 aliphatic carbocycles. The van der Waals surface area contributed by atoms with Crippen molar-refractivity contribution >= 4 is 27.5 Å². The van der Waals surface area contributed by atoms with E-state index in [2.05, 4.69) is 28.2 Å². The number of aliphatic hydroxyl groups excluding tert-OH is 1. The van der Waals surface area contributed by atoms with Gasteiger partial charge in [-0.15, -0.1) is 0 Å². The molecule has 1 amide bonds. The van der Waals surface area contributed by atoms with Crippen LogP contribution in [0.2, 0.25) is 5.02 Å². The SMILES string of the molecule is O=C(NS(=O)(=O)Cc1ccccc1)c1ccc(-c2ccc3c(c2)C[C@@H](NC[C@@H](O)c2cccc(Cl)c2)CC3)cc1. The number of nitrogens with one attached hydrogen (secondary N) is 2. The predicted molar refractivity (Wildman–Crippen MR) is 159 cm³/mol. The number of benzene rings is 4. The zero-order chi connectivity index (χ0) is 28.1. The molecule has 0 heterocycles. The fraction of sp³-hybridized carbons (Fsp3) is 0.219. The summed E-state index contributed by atoms with van der Waals surface area (Å²) in [6.07, 6.45) is 2.17. The van der Waals surface area contributed by atoms with Gasteiger partial charge in [-0.3, -0.25) is 4.79 Å². The minimum absolute atomic E-state index is 0.250. The number of amides is 1. The average Bonchev–Trinajstić information content (AvgIpc) is 2.95. The third-order valence-electron chi connectivity index (χ3n) is 7.20. The number of sulfonamides is 1. The van der Waals surface area contributed by atoms with E-state index in [0.717, 1.165) is 36.0 Å². The first-order valence-corrected chi connectivity index (χ1v) is 15.3. The first-order chi connectivity index (χ1) is 19.3. The average molecular weight is 575 g/mol. The Morgan fingerprint density at radius 1 is 0.900 bits per heavy atom. The number of halogens is 1. The van der Waals surface area contributed by atoms with Crippen molar-refractivity contribution in [2.45, 2.75) is 37.2 Å².